The second-order valence-corrected chi connectivity index (χ2v) is 7.91. The van der Waals surface area contributed by atoms with Crippen LogP contribution in [0.25, 0.3) is 11.1 Å². The van der Waals surface area contributed by atoms with Crippen LogP contribution in [0, 0.1) is 5.92 Å². The Bertz CT molecular complexity index is 1130. The molecule has 0 spiro atoms. The average Bonchev–Trinajstić information content (AvgIpc) is 2.79. The zero-order valence-electron chi connectivity index (χ0n) is 16.9. The molecule has 2 aliphatic rings. The molecule has 4 atom stereocenters. The Balaban J connectivity index is 1.87. The molecule has 4 heteroatoms. The third kappa shape index (κ3) is 2.22. The lowest BCUT2D eigenvalue weighted by molar-refractivity contribution is -0.168. The lowest BCUT2D eigenvalue weighted by Crippen LogP contribution is -2.65. The summed E-state index contributed by atoms with van der Waals surface area (Å²) >= 11 is 0. The molecule has 0 N–H and O–H groups in total. The molecule has 3 aromatic rings. The average molecular weight is 398 g/mol. The summed E-state index contributed by atoms with van der Waals surface area (Å²) in [5.41, 5.74) is 3.92. The number of carbonyl (C=O) groups is 2. The van der Waals surface area contributed by atoms with E-state index in [-0.39, 0.29) is 23.8 Å². The summed E-state index contributed by atoms with van der Waals surface area (Å²) in [5.74, 6) is -1.83. The van der Waals surface area contributed by atoms with Crippen molar-refractivity contribution >= 4 is 11.9 Å². The molecule has 0 amide bonds. The van der Waals surface area contributed by atoms with Crippen molar-refractivity contribution in [2.24, 2.45) is 5.92 Å². The normalized spacial score (nSPS) is 25.7. The molecule has 0 heterocycles. The number of hydrogen-bond acceptors (Lipinski definition) is 4. The summed E-state index contributed by atoms with van der Waals surface area (Å²) in [6.07, 6.45) is 0. The molecule has 0 saturated heterocycles. The quantitative estimate of drug-likeness (QED) is 0.612. The highest BCUT2D eigenvalue weighted by molar-refractivity contribution is 5.98. The van der Waals surface area contributed by atoms with Gasteiger partial charge in [-0.2, -0.15) is 0 Å². The van der Waals surface area contributed by atoms with Crippen molar-refractivity contribution in [3.05, 3.63) is 95.6 Å². The third-order valence-electron chi connectivity index (χ3n) is 6.81. The lowest BCUT2D eigenvalue weighted by Gasteiger charge is -2.61. The summed E-state index contributed by atoms with van der Waals surface area (Å²) in [4.78, 5) is 26.6. The van der Waals surface area contributed by atoms with Crippen molar-refractivity contribution in [1.29, 1.82) is 0 Å². The van der Waals surface area contributed by atoms with Crippen molar-refractivity contribution < 1.29 is 19.1 Å². The number of carbonyl (C=O) groups excluding carboxylic acids is 2. The van der Waals surface area contributed by atoms with E-state index in [2.05, 4.69) is 6.07 Å². The molecule has 5 rings (SSSR count). The van der Waals surface area contributed by atoms with E-state index in [9.17, 15) is 9.59 Å². The lowest BCUT2D eigenvalue weighted by atomic mass is 9.39. The van der Waals surface area contributed by atoms with E-state index in [1.165, 1.54) is 14.2 Å². The van der Waals surface area contributed by atoms with E-state index in [0.29, 0.717) is 0 Å². The summed E-state index contributed by atoms with van der Waals surface area (Å²) < 4.78 is 10.6. The first-order valence-corrected chi connectivity index (χ1v) is 10.1. The number of hydrogen-bond donors (Lipinski definition) is 0. The molecule has 0 radical (unpaired) electrons. The number of rotatable bonds is 3. The minimum absolute atomic E-state index is 0.303. The van der Waals surface area contributed by atoms with E-state index in [0.717, 1.165) is 27.8 Å². The Morgan fingerprint density at radius 3 is 2.07 bits per heavy atom. The molecule has 150 valence electrons. The molecular formula is C26H22O4. The van der Waals surface area contributed by atoms with Crippen LogP contribution in [0.1, 0.15) is 28.5 Å². The smallest absolute Gasteiger partial charge is 0.317 e. The highest BCUT2D eigenvalue weighted by Crippen LogP contribution is 2.71. The highest BCUT2D eigenvalue weighted by Gasteiger charge is 2.72. The topological polar surface area (TPSA) is 52.6 Å². The molecule has 0 aliphatic heterocycles. The SMILES string of the molecule is COC(=O)[C@@H]1C2c3ccccc3-c3ccccc3[C@@]2(C(=O)OC)[C@H]1c1ccccc1. The molecule has 3 aromatic carbocycles. The fraction of sp³-hybridized carbons (Fsp3) is 0.231. The van der Waals surface area contributed by atoms with Crippen molar-refractivity contribution in [3.8, 4) is 11.1 Å². The standard InChI is InChI=1S/C26H22O4/c1-29-24(27)21-22(16-10-4-3-5-11-16)26(25(28)30-2)20-15-9-8-13-18(20)17-12-6-7-14-19(17)23(21)26/h3-15,21-23H,1-2H3/t21-,22-,23?,26+/m0/s1. The van der Waals surface area contributed by atoms with Gasteiger partial charge in [-0.1, -0.05) is 78.9 Å². The fourth-order valence-electron chi connectivity index (χ4n) is 5.77. The monoisotopic (exact) mass is 398 g/mol. The summed E-state index contributed by atoms with van der Waals surface area (Å²) in [7, 11) is 2.83. The number of esters is 2. The van der Waals surface area contributed by atoms with E-state index in [1.54, 1.807) is 0 Å². The zero-order valence-corrected chi connectivity index (χ0v) is 16.9. The predicted molar refractivity (Wildman–Crippen MR) is 113 cm³/mol. The van der Waals surface area contributed by atoms with Crippen molar-refractivity contribution in [1.82, 2.24) is 0 Å². The van der Waals surface area contributed by atoms with Gasteiger partial charge in [-0.3, -0.25) is 9.59 Å². The Hall–Kier alpha value is -3.40. The van der Waals surface area contributed by atoms with E-state index in [4.69, 9.17) is 9.47 Å². The molecule has 1 unspecified atom stereocenters. The van der Waals surface area contributed by atoms with Gasteiger partial charge in [0.15, 0.2) is 0 Å². The van der Waals surface area contributed by atoms with Gasteiger partial charge >= 0.3 is 11.9 Å². The van der Waals surface area contributed by atoms with Crippen LogP contribution in [0.15, 0.2) is 78.9 Å². The predicted octanol–water partition coefficient (Wildman–Crippen LogP) is 4.45. The van der Waals surface area contributed by atoms with Crippen LogP contribution in [-0.4, -0.2) is 26.2 Å². The van der Waals surface area contributed by atoms with Gasteiger partial charge in [0.2, 0.25) is 0 Å². The Morgan fingerprint density at radius 1 is 0.733 bits per heavy atom. The summed E-state index contributed by atoms with van der Waals surface area (Å²) in [6.45, 7) is 0. The maximum absolute atomic E-state index is 13.6. The molecule has 0 bridgehead atoms. The second kappa shape index (κ2) is 6.84. The van der Waals surface area contributed by atoms with Crippen LogP contribution in [-0.2, 0) is 24.5 Å². The Labute approximate surface area is 175 Å². The molecule has 1 saturated carbocycles. The number of ether oxygens (including phenoxy) is 2. The highest BCUT2D eigenvalue weighted by atomic mass is 16.5. The molecule has 0 aromatic heterocycles. The number of fused-ring (bicyclic) bond motifs is 6. The van der Waals surface area contributed by atoms with Gasteiger partial charge in [0.1, 0.15) is 5.41 Å². The first-order chi connectivity index (χ1) is 14.7. The van der Waals surface area contributed by atoms with Gasteiger partial charge in [-0.15, -0.1) is 0 Å². The third-order valence-corrected chi connectivity index (χ3v) is 6.81. The van der Waals surface area contributed by atoms with Crippen LogP contribution in [0.2, 0.25) is 0 Å². The van der Waals surface area contributed by atoms with Gasteiger partial charge < -0.3 is 9.47 Å². The van der Waals surface area contributed by atoms with Crippen molar-refractivity contribution in [2.45, 2.75) is 17.3 Å². The minimum atomic E-state index is -0.986. The van der Waals surface area contributed by atoms with Crippen molar-refractivity contribution in [3.63, 3.8) is 0 Å². The zero-order chi connectivity index (χ0) is 20.9. The minimum Gasteiger partial charge on any atom is -0.469 e. The van der Waals surface area contributed by atoms with Crippen LogP contribution < -0.4 is 0 Å². The maximum Gasteiger partial charge on any atom is 0.317 e. The summed E-state index contributed by atoms with van der Waals surface area (Å²) in [5, 5.41) is 0. The Morgan fingerprint density at radius 2 is 1.37 bits per heavy atom. The van der Waals surface area contributed by atoms with Gasteiger partial charge in [0, 0.05) is 11.8 Å². The molecule has 4 nitrogen and oxygen atoms in total. The largest absolute Gasteiger partial charge is 0.469 e. The van der Waals surface area contributed by atoms with Gasteiger partial charge in [-0.05, 0) is 27.8 Å². The molecule has 2 aliphatic carbocycles. The molecular weight excluding hydrogens is 376 g/mol. The fourth-order valence-corrected chi connectivity index (χ4v) is 5.77. The van der Waals surface area contributed by atoms with Crippen LogP contribution in [0.5, 0.6) is 0 Å². The molecule has 30 heavy (non-hydrogen) atoms. The van der Waals surface area contributed by atoms with Crippen LogP contribution >= 0.6 is 0 Å². The van der Waals surface area contributed by atoms with Crippen LogP contribution in [0.3, 0.4) is 0 Å². The van der Waals surface area contributed by atoms with Crippen molar-refractivity contribution in [2.75, 3.05) is 14.2 Å². The number of benzene rings is 3. The summed E-state index contributed by atoms with van der Waals surface area (Å²) in [6, 6.07) is 25.7. The van der Waals surface area contributed by atoms with Gasteiger partial charge in [0.05, 0.1) is 20.1 Å². The Kier molecular flexibility index (Phi) is 4.24. The first kappa shape index (κ1) is 18.6. The van der Waals surface area contributed by atoms with E-state index < -0.39 is 11.3 Å². The van der Waals surface area contributed by atoms with Gasteiger partial charge in [-0.25, -0.2) is 0 Å². The van der Waals surface area contributed by atoms with Crippen LogP contribution in [0.4, 0.5) is 0 Å². The van der Waals surface area contributed by atoms with Gasteiger partial charge in [0.25, 0.3) is 0 Å². The van der Waals surface area contributed by atoms with E-state index >= 15 is 0 Å². The maximum atomic E-state index is 13.6. The molecule has 1 fully saturated rings. The second-order valence-electron chi connectivity index (χ2n) is 7.91. The first-order valence-electron chi connectivity index (χ1n) is 10.1. The van der Waals surface area contributed by atoms with E-state index in [1.807, 2.05) is 72.8 Å². The number of methoxy groups -OCH3 is 2.